The number of carbonyl (C=O) groups is 1. The molecular weight excluding hydrogens is 372 g/mol. The second kappa shape index (κ2) is 7.85. The van der Waals surface area contributed by atoms with E-state index >= 15 is 0 Å². The van der Waals surface area contributed by atoms with Crippen molar-refractivity contribution in [3.8, 4) is 0 Å². The van der Waals surface area contributed by atoms with Gasteiger partial charge in [-0.1, -0.05) is 24.3 Å². The van der Waals surface area contributed by atoms with Gasteiger partial charge in [-0.05, 0) is 24.3 Å². The lowest BCUT2D eigenvalue weighted by Gasteiger charge is -2.11. The van der Waals surface area contributed by atoms with Crippen LogP contribution in [0.1, 0.15) is 21.9 Å². The predicted molar refractivity (Wildman–Crippen MR) is 105 cm³/mol. The lowest BCUT2D eigenvalue weighted by atomic mass is 10.1. The number of rotatable bonds is 5. The van der Waals surface area contributed by atoms with Crippen molar-refractivity contribution in [2.45, 2.75) is 13.1 Å². The van der Waals surface area contributed by atoms with Gasteiger partial charge in [0.2, 0.25) is 0 Å². The fraction of sp³-hybridized carbons (Fsp3) is 0.100. The van der Waals surface area contributed by atoms with Crippen molar-refractivity contribution in [3.05, 3.63) is 98.6 Å². The fourth-order valence-corrected chi connectivity index (χ4v) is 2.91. The van der Waals surface area contributed by atoms with Crippen molar-refractivity contribution in [3.63, 3.8) is 0 Å². The zero-order valence-electron chi connectivity index (χ0n) is 15.2. The van der Waals surface area contributed by atoms with Crippen LogP contribution in [0.3, 0.4) is 0 Å². The van der Waals surface area contributed by atoms with E-state index in [-0.39, 0.29) is 24.3 Å². The molecule has 1 amide bonds. The Morgan fingerprint density at radius 3 is 2.52 bits per heavy atom. The Labute approximate surface area is 164 Å². The van der Waals surface area contributed by atoms with Crippen molar-refractivity contribution >= 4 is 16.7 Å². The molecule has 0 fully saturated rings. The highest BCUT2D eigenvalue weighted by atomic mass is 16.2. The molecule has 1 aromatic carbocycles. The summed E-state index contributed by atoms with van der Waals surface area (Å²) < 4.78 is 1.34. The first-order valence-electron chi connectivity index (χ1n) is 8.84. The molecule has 9 heteroatoms. The normalized spacial score (nSPS) is 10.8. The Balaban J connectivity index is 1.66. The molecule has 0 aliphatic heterocycles. The van der Waals surface area contributed by atoms with Gasteiger partial charge in [0.25, 0.3) is 17.0 Å². The van der Waals surface area contributed by atoms with E-state index in [0.29, 0.717) is 22.2 Å². The van der Waals surface area contributed by atoms with Crippen LogP contribution in [0.5, 0.6) is 0 Å². The smallest absolute Gasteiger partial charge is 0.275 e. The average Bonchev–Trinajstić information content (AvgIpc) is 2.76. The molecule has 2 N–H and O–H groups in total. The second-order valence-electron chi connectivity index (χ2n) is 6.27. The Morgan fingerprint density at radius 2 is 1.79 bits per heavy atom. The first-order valence-corrected chi connectivity index (χ1v) is 8.84. The Kier molecular flexibility index (Phi) is 4.93. The van der Waals surface area contributed by atoms with Gasteiger partial charge in [0.1, 0.15) is 5.69 Å². The van der Waals surface area contributed by atoms with Crippen molar-refractivity contribution in [2.24, 2.45) is 0 Å². The molecule has 0 aliphatic carbocycles. The van der Waals surface area contributed by atoms with Crippen molar-refractivity contribution in [2.75, 3.05) is 0 Å². The van der Waals surface area contributed by atoms with Crippen LogP contribution in [0.25, 0.3) is 10.8 Å². The van der Waals surface area contributed by atoms with Crippen LogP contribution >= 0.6 is 0 Å². The van der Waals surface area contributed by atoms with Gasteiger partial charge in [-0.2, -0.15) is 10.2 Å². The highest BCUT2D eigenvalue weighted by molar-refractivity contribution is 5.92. The standard InChI is InChI=1S/C20H16N6O3/c27-18-9-8-16(23-24-18)19(28)22-11-17-14-6-1-2-7-15(14)20(29)26(25-17)12-13-5-3-4-10-21-13/h1-10H,11-12H2,(H,22,28)(H,24,27). The van der Waals surface area contributed by atoms with Crippen LogP contribution in [0.2, 0.25) is 0 Å². The molecule has 0 saturated heterocycles. The van der Waals surface area contributed by atoms with Gasteiger partial charge < -0.3 is 5.32 Å². The minimum Gasteiger partial charge on any atom is -0.345 e. The van der Waals surface area contributed by atoms with Crippen LogP contribution < -0.4 is 16.4 Å². The molecule has 0 aliphatic rings. The van der Waals surface area contributed by atoms with Gasteiger partial charge in [0.05, 0.1) is 29.9 Å². The van der Waals surface area contributed by atoms with E-state index in [1.165, 1.54) is 16.8 Å². The molecule has 0 spiro atoms. The van der Waals surface area contributed by atoms with Gasteiger partial charge >= 0.3 is 0 Å². The number of hydrogen-bond acceptors (Lipinski definition) is 6. The number of aromatic amines is 1. The Morgan fingerprint density at radius 1 is 1.00 bits per heavy atom. The van der Waals surface area contributed by atoms with E-state index in [2.05, 4.69) is 25.6 Å². The highest BCUT2D eigenvalue weighted by Gasteiger charge is 2.13. The zero-order chi connectivity index (χ0) is 20.2. The van der Waals surface area contributed by atoms with Gasteiger partial charge in [-0.25, -0.2) is 9.78 Å². The number of nitrogens with one attached hydrogen (secondary N) is 2. The van der Waals surface area contributed by atoms with E-state index in [1.807, 2.05) is 12.1 Å². The maximum absolute atomic E-state index is 12.8. The van der Waals surface area contributed by atoms with E-state index in [0.717, 1.165) is 0 Å². The number of nitrogens with zero attached hydrogens (tertiary/aromatic N) is 4. The molecule has 3 heterocycles. The number of pyridine rings is 1. The highest BCUT2D eigenvalue weighted by Crippen LogP contribution is 2.13. The number of fused-ring (bicyclic) bond motifs is 1. The minimum atomic E-state index is -0.463. The summed E-state index contributed by atoms with van der Waals surface area (Å²) >= 11 is 0. The van der Waals surface area contributed by atoms with Gasteiger partial charge in [-0.15, -0.1) is 0 Å². The summed E-state index contributed by atoms with van der Waals surface area (Å²) in [6.07, 6.45) is 1.65. The summed E-state index contributed by atoms with van der Waals surface area (Å²) in [7, 11) is 0. The predicted octanol–water partition coefficient (Wildman–Crippen LogP) is 0.853. The van der Waals surface area contributed by atoms with E-state index in [9.17, 15) is 14.4 Å². The zero-order valence-corrected chi connectivity index (χ0v) is 15.2. The van der Waals surface area contributed by atoms with E-state index < -0.39 is 11.5 Å². The molecule has 144 valence electrons. The third-order valence-electron chi connectivity index (χ3n) is 4.31. The summed E-state index contributed by atoms with van der Waals surface area (Å²) in [6, 6.07) is 15.1. The molecule has 3 aromatic heterocycles. The average molecular weight is 388 g/mol. The first-order chi connectivity index (χ1) is 14.1. The maximum atomic E-state index is 12.8. The topological polar surface area (TPSA) is 123 Å². The number of carbonyl (C=O) groups excluding carboxylic acids is 1. The summed E-state index contributed by atoms with van der Waals surface area (Å²) in [5.74, 6) is -0.463. The number of amides is 1. The summed E-state index contributed by atoms with van der Waals surface area (Å²) in [4.78, 5) is 40.5. The molecular formula is C20H16N6O3. The second-order valence-corrected chi connectivity index (χ2v) is 6.27. The first kappa shape index (κ1) is 18.2. The lowest BCUT2D eigenvalue weighted by Crippen LogP contribution is -2.29. The molecule has 4 aromatic rings. The number of hydrogen-bond donors (Lipinski definition) is 2. The molecule has 0 unspecified atom stereocenters. The molecule has 29 heavy (non-hydrogen) atoms. The van der Waals surface area contributed by atoms with Crippen molar-refractivity contribution in [1.29, 1.82) is 0 Å². The summed E-state index contributed by atoms with van der Waals surface area (Å²) in [5.41, 5.74) is 0.689. The molecule has 0 atom stereocenters. The van der Waals surface area contributed by atoms with Crippen LogP contribution in [0.15, 0.2) is 70.4 Å². The number of benzene rings is 1. The molecule has 0 bridgehead atoms. The molecule has 0 saturated carbocycles. The van der Waals surface area contributed by atoms with Crippen LogP contribution in [0, 0.1) is 0 Å². The van der Waals surface area contributed by atoms with Crippen molar-refractivity contribution < 1.29 is 4.79 Å². The summed E-state index contributed by atoms with van der Waals surface area (Å²) in [5, 5.41) is 14.3. The number of aromatic nitrogens is 5. The minimum absolute atomic E-state index is 0.0794. The van der Waals surface area contributed by atoms with Gasteiger partial charge in [-0.3, -0.25) is 19.4 Å². The van der Waals surface area contributed by atoms with E-state index in [1.54, 1.807) is 36.5 Å². The van der Waals surface area contributed by atoms with Gasteiger partial charge in [0, 0.05) is 17.6 Å². The summed E-state index contributed by atoms with van der Waals surface area (Å²) in [6.45, 7) is 0.301. The molecule has 4 rings (SSSR count). The van der Waals surface area contributed by atoms with Crippen LogP contribution in [-0.4, -0.2) is 30.9 Å². The van der Waals surface area contributed by atoms with Crippen LogP contribution in [0.4, 0.5) is 0 Å². The third-order valence-corrected chi connectivity index (χ3v) is 4.31. The molecule has 0 radical (unpaired) electrons. The Bertz CT molecular complexity index is 1280. The monoisotopic (exact) mass is 388 g/mol. The van der Waals surface area contributed by atoms with E-state index in [4.69, 9.17) is 0 Å². The Hall–Kier alpha value is -4.14. The maximum Gasteiger partial charge on any atom is 0.275 e. The largest absolute Gasteiger partial charge is 0.345 e. The lowest BCUT2D eigenvalue weighted by molar-refractivity contribution is 0.0944. The SMILES string of the molecule is O=C(NCc1nn(Cc2ccccn2)c(=O)c2ccccc12)c1ccc(=O)[nH]n1. The third kappa shape index (κ3) is 3.93. The fourth-order valence-electron chi connectivity index (χ4n) is 2.91. The number of H-pyrrole nitrogens is 1. The van der Waals surface area contributed by atoms with Gasteiger partial charge in [0.15, 0.2) is 0 Å². The van der Waals surface area contributed by atoms with Crippen molar-refractivity contribution in [1.82, 2.24) is 30.3 Å². The quantitative estimate of drug-likeness (QED) is 0.523. The van der Waals surface area contributed by atoms with Crippen LogP contribution in [-0.2, 0) is 13.1 Å². The molecule has 9 nitrogen and oxygen atoms in total.